The van der Waals surface area contributed by atoms with E-state index in [0.29, 0.717) is 33.9 Å². The van der Waals surface area contributed by atoms with Crippen molar-refractivity contribution < 1.29 is 9.47 Å². The van der Waals surface area contributed by atoms with Gasteiger partial charge >= 0.3 is 0 Å². The third-order valence-corrected chi connectivity index (χ3v) is 7.17. The third-order valence-electron chi connectivity index (χ3n) is 6.91. The first-order valence-corrected chi connectivity index (χ1v) is 13.3. The fraction of sp³-hybridized carbons (Fsp3) is 0.739. The molecule has 2 N–H and O–H groups in total. The molecule has 0 amide bonds. The molecule has 5 heterocycles. The molecule has 3 aliphatic rings. The monoisotopic (exact) mass is 520 g/mol. The van der Waals surface area contributed by atoms with E-state index in [-0.39, 0.29) is 0 Å². The molecule has 2 aromatic rings. The minimum atomic E-state index is 0.330. The molecule has 0 atom stereocenters. The number of piperazine rings is 1. The Labute approximate surface area is 217 Å². The van der Waals surface area contributed by atoms with E-state index in [2.05, 4.69) is 42.3 Å². The Hall–Kier alpha value is -2.09. The Morgan fingerprint density at radius 3 is 1.92 bits per heavy atom. The predicted octanol–water partition coefficient (Wildman–Crippen LogP) is 0.313. The molecule has 36 heavy (non-hydrogen) atoms. The zero-order chi connectivity index (χ0) is 24.7. The highest BCUT2D eigenvalue weighted by Gasteiger charge is 2.21. The molecule has 3 saturated heterocycles. The van der Waals surface area contributed by atoms with E-state index in [0.717, 1.165) is 105 Å². The van der Waals surface area contributed by atoms with E-state index in [4.69, 9.17) is 36.0 Å². The first kappa shape index (κ1) is 25.6. The molecule has 0 radical (unpaired) electrons. The Balaban J connectivity index is 1.33. The number of morpholine rings is 2. The fourth-order valence-corrected chi connectivity index (χ4v) is 4.81. The van der Waals surface area contributed by atoms with Gasteiger partial charge in [-0.15, -0.1) is 0 Å². The van der Waals surface area contributed by atoms with Crippen LogP contribution in [0.2, 0.25) is 5.15 Å². The van der Waals surface area contributed by atoms with Crippen molar-refractivity contribution in [1.29, 1.82) is 0 Å². The normalized spacial score (nSPS) is 20.7. The zero-order valence-electron chi connectivity index (χ0n) is 21.1. The Morgan fingerprint density at radius 1 is 0.722 bits per heavy atom. The lowest BCUT2D eigenvalue weighted by Gasteiger charge is -2.32. The molecule has 5 rings (SSSR count). The van der Waals surface area contributed by atoms with E-state index >= 15 is 0 Å². The molecular weight excluding hydrogens is 484 g/mol. The number of nitrogens with zero attached hydrogens (tertiary/aromatic N) is 8. The summed E-state index contributed by atoms with van der Waals surface area (Å²) in [6, 6.07) is 0. The quantitative estimate of drug-likeness (QED) is 0.475. The van der Waals surface area contributed by atoms with Crippen molar-refractivity contribution in [3.8, 4) is 0 Å². The molecule has 0 aromatic carbocycles. The topological polar surface area (TPSA) is 107 Å². The predicted molar refractivity (Wildman–Crippen MR) is 141 cm³/mol. The van der Waals surface area contributed by atoms with Gasteiger partial charge in [-0.05, 0) is 7.05 Å². The van der Waals surface area contributed by atoms with Crippen LogP contribution >= 0.6 is 11.6 Å². The summed E-state index contributed by atoms with van der Waals surface area (Å²) in [6.45, 7) is 13.9. The molecule has 0 unspecified atom stereocenters. The SMILES string of the molecule is CN1CCN(c2nc(NCCN3CCOCC3)c3nc(Cl)c(NCCN4CCOCC4)nc3n2)CC1. The third kappa shape index (κ3) is 6.61. The van der Waals surface area contributed by atoms with Crippen LogP contribution in [0.3, 0.4) is 0 Å². The van der Waals surface area contributed by atoms with Gasteiger partial charge in [0.2, 0.25) is 5.95 Å². The average molecular weight is 521 g/mol. The Kier molecular flexibility index (Phi) is 8.83. The van der Waals surface area contributed by atoms with Gasteiger partial charge in [-0.1, -0.05) is 11.6 Å². The number of likely N-dealkylation sites (N-methyl/N-ethyl adjacent to an activating group) is 1. The summed E-state index contributed by atoms with van der Waals surface area (Å²) in [5.74, 6) is 1.91. The maximum atomic E-state index is 6.57. The minimum Gasteiger partial charge on any atom is -0.379 e. The number of ether oxygens (including phenoxy) is 2. The first-order valence-electron chi connectivity index (χ1n) is 12.9. The van der Waals surface area contributed by atoms with Crippen LogP contribution in [0.15, 0.2) is 0 Å². The number of hydrogen-bond donors (Lipinski definition) is 2. The number of fused-ring (bicyclic) bond motifs is 1. The number of nitrogens with one attached hydrogen (secondary N) is 2. The van der Waals surface area contributed by atoms with Crippen molar-refractivity contribution >= 4 is 40.3 Å². The maximum absolute atomic E-state index is 6.57. The van der Waals surface area contributed by atoms with Gasteiger partial charge < -0.3 is 29.9 Å². The highest BCUT2D eigenvalue weighted by atomic mass is 35.5. The second-order valence-corrected chi connectivity index (χ2v) is 9.82. The number of rotatable bonds is 9. The number of halogens is 1. The van der Waals surface area contributed by atoms with E-state index in [1.54, 1.807) is 0 Å². The second kappa shape index (κ2) is 12.4. The van der Waals surface area contributed by atoms with E-state index < -0.39 is 0 Å². The van der Waals surface area contributed by atoms with Gasteiger partial charge in [-0.2, -0.15) is 9.97 Å². The Morgan fingerprint density at radius 2 is 1.31 bits per heavy atom. The highest BCUT2D eigenvalue weighted by Crippen LogP contribution is 2.26. The van der Waals surface area contributed by atoms with Crippen molar-refractivity contribution in [2.75, 3.05) is 128 Å². The summed E-state index contributed by atoms with van der Waals surface area (Å²) >= 11 is 6.57. The minimum absolute atomic E-state index is 0.330. The van der Waals surface area contributed by atoms with Crippen LogP contribution in [0, 0.1) is 0 Å². The van der Waals surface area contributed by atoms with Gasteiger partial charge in [0.05, 0.1) is 26.4 Å². The number of hydrogen-bond acceptors (Lipinski definition) is 12. The largest absolute Gasteiger partial charge is 0.379 e. The maximum Gasteiger partial charge on any atom is 0.229 e. The number of anilines is 3. The standard InChI is InChI=1S/C23H37ClN10O2/c1-31-6-8-34(9-7-31)23-29-20(25-2-4-32-10-14-35-15-11-32)18-21(30-23)28-22(19(24)27-18)26-3-5-33-12-16-36-17-13-33/h2-17H2,1H3,(H2,25,26,28,29,30). The van der Waals surface area contributed by atoms with Gasteiger partial charge in [0.1, 0.15) is 0 Å². The summed E-state index contributed by atoms with van der Waals surface area (Å²) < 4.78 is 10.9. The van der Waals surface area contributed by atoms with E-state index in [1.807, 2.05) is 0 Å². The highest BCUT2D eigenvalue weighted by molar-refractivity contribution is 6.32. The van der Waals surface area contributed by atoms with Crippen molar-refractivity contribution in [1.82, 2.24) is 34.6 Å². The molecule has 0 saturated carbocycles. The van der Waals surface area contributed by atoms with Crippen LogP contribution in [0.1, 0.15) is 0 Å². The molecular formula is C23H37ClN10O2. The van der Waals surface area contributed by atoms with Crippen LogP contribution in [0.5, 0.6) is 0 Å². The lowest BCUT2D eigenvalue weighted by atomic mass is 10.3. The molecule has 12 nitrogen and oxygen atoms in total. The van der Waals surface area contributed by atoms with Crippen LogP contribution in [0.25, 0.3) is 11.2 Å². The van der Waals surface area contributed by atoms with E-state index in [9.17, 15) is 0 Å². The summed E-state index contributed by atoms with van der Waals surface area (Å²) in [6.07, 6.45) is 0. The van der Waals surface area contributed by atoms with Gasteiger partial charge in [0.15, 0.2) is 28.0 Å². The van der Waals surface area contributed by atoms with Crippen LogP contribution in [-0.4, -0.2) is 147 Å². The molecule has 0 aliphatic carbocycles. The molecule has 2 aromatic heterocycles. The summed E-state index contributed by atoms with van der Waals surface area (Å²) in [5, 5.41) is 7.17. The molecule has 13 heteroatoms. The lowest BCUT2D eigenvalue weighted by molar-refractivity contribution is 0.0398. The van der Waals surface area contributed by atoms with Crippen molar-refractivity contribution in [3.63, 3.8) is 0 Å². The molecule has 0 spiro atoms. The van der Waals surface area contributed by atoms with Crippen molar-refractivity contribution in [3.05, 3.63) is 5.15 Å². The Bertz CT molecular complexity index is 995. The van der Waals surface area contributed by atoms with E-state index in [1.165, 1.54) is 0 Å². The summed E-state index contributed by atoms with van der Waals surface area (Å²) in [7, 11) is 2.14. The van der Waals surface area contributed by atoms with Crippen LogP contribution in [0.4, 0.5) is 17.6 Å². The van der Waals surface area contributed by atoms with Gasteiger partial charge in [0, 0.05) is 78.5 Å². The molecule has 3 aliphatic heterocycles. The fourth-order valence-electron chi connectivity index (χ4n) is 4.61. The summed E-state index contributed by atoms with van der Waals surface area (Å²) in [4.78, 5) is 28.4. The zero-order valence-corrected chi connectivity index (χ0v) is 21.8. The lowest BCUT2D eigenvalue weighted by Crippen LogP contribution is -2.45. The van der Waals surface area contributed by atoms with Gasteiger partial charge in [-0.25, -0.2) is 9.97 Å². The van der Waals surface area contributed by atoms with Crippen molar-refractivity contribution in [2.45, 2.75) is 0 Å². The van der Waals surface area contributed by atoms with Crippen molar-refractivity contribution in [2.24, 2.45) is 0 Å². The molecule has 0 bridgehead atoms. The van der Waals surface area contributed by atoms with Gasteiger partial charge in [-0.3, -0.25) is 9.80 Å². The molecule has 3 fully saturated rings. The summed E-state index contributed by atoms with van der Waals surface area (Å²) in [5.41, 5.74) is 1.14. The molecule has 198 valence electrons. The van der Waals surface area contributed by atoms with Crippen LogP contribution < -0.4 is 15.5 Å². The second-order valence-electron chi connectivity index (χ2n) is 9.46. The number of aromatic nitrogens is 4. The van der Waals surface area contributed by atoms with Gasteiger partial charge in [0.25, 0.3) is 0 Å². The average Bonchev–Trinajstić information content (AvgIpc) is 2.91. The smallest absolute Gasteiger partial charge is 0.229 e. The first-order chi connectivity index (χ1) is 17.7. The van der Waals surface area contributed by atoms with Crippen LogP contribution in [-0.2, 0) is 9.47 Å².